The number of hydrogen-bond acceptors (Lipinski definition) is 8. The van der Waals surface area contributed by atoms with Crippen LogP contribution in [0.15, 0.2) is 37.0 Å². The molecule has 0 saturated heterocycles. The molecular weight excluding hydrogens is 789 g/mol. The third-order valence-electron chi connectivity index (χ3n) is 14.3. The molecule has 0 heterocycles. The second kappa shape index (κ2) is 20.7. The van der Waals surface area contributed by atoms with E-state index < -0.39 is 66.9 Å². The van der Waals surface area contributed by atoms with Crippen molar-refractivity contribution in [2.45, 2.75) is 227 Å². The SMILES string of the molecule is C=CC(C)(C)CC(CC(C)(C)C)OC(=O)CC(C(=O)OC(CC(C)(C)C)CC(C)(C)C=C)C(CC(=O)OC1CC(C)(C)C(C)C(C)(C)C1)C(=O)OC1CC(C)(C)C=C(C)C(C)(C)C1. The van der Waals surface area contributed by atoms with E-state index in [2.05, 4.69) is 130 Å². The lowest BCUT2D eigenvalue weighted by Crippen LogP contribution is -2.46. The van der Waals surface area contributed by atoms with Crippen molar-refractivity contribution in [2.24, 2.45) is 61.1 Å². The van der Waals surface area contributed by atoms with Crippen molar-refractivity contribution in [3.05, 3.63) is 37.0 Å². The van der Waals surface area contributed by atoms with Crippen LogP contribution in [-0.4, -0.2) is 48.3 Å². The Morgan fingerprint density at radius 1 is 0.619 bits per heavy atom. The maximum absolute atomic E-state index is 15.0. The predicted octanol–water partition coefficient (Wildman–Crippen LogP) is 14.0. The Balaban J connectivity index is 2.78. The Labute approximate surface area is 385 Å². The van der Waals surface area contributed by atoms with Gasteiger partial charge in [0.25, 0.3) is 0 Å². The van der Waals surface area contributed by atoms with Crippen LogP contribution in [-0.2, 0) is 38.1 Å². The van der Waals surface area contributed by atoms with Gasteiger partial charge in [0.2, 0.25) is 0 Å². The van der Waals surface area contributed by atoms with Crippen LogP contribution in [0.3, 0.4) is 0 Å². The molecule has 5 atom stereocenters. The Kier molecular flexibility index (Phi) is 18.5. The quantitative estimate of drug-likeness (QED) is 0.0717. The molecule has 63 heavy (non-hydrogen) atoms. The van der Waals surface area contributed by atoms with Crippen molar-refractivity contribution in [3.8, 4) is 0 Å². The minimum Gasteiger partial charge on any atom is -0.462 e. The van der Waals surface area contributed by atoms with Gasteiger partial charge in [-0.3, -0.25) is 19.2 Å². The van der Waals surface area contributed by atoms with Crippen LogP contribution in [0, 0.1) is 61.1 Å². The molecule has 2 aliphatic carbocycles. The number of carbonyl (C=O) groups is 4. The van der Waals surface area contributed by atoms with Gasteiger partial charge in [-0.25, -0.2) is 0 Å². The summed E-state index contributed by atoms with van der Waals surface area (Å²) < 4.78 is 25.5. The summed E-state index contributed by atoms with van der Waals surface area (Å²) in [6.07, 6.45) is 7.60. The van der Waals surface area contributed by atoms with Crippen LogP contribution in [0.4, 0.5) is 0 Å². The van der Waals surface area contributed by atoms with Crippen molar-refractivity contribution in [1.82, 2.24) is 0 Å². The van der Waals surface area contributed by atoms with Gasteiger partial charge in [0.1, 0.15) is 24.4 Å². The largest absolute Gasteiger partial charge is 0.462 e. The smallest absolute Gasteiger partial charge is 0.310 e. The monoisotopic (exact) mass is 883 g/mol. The third kappa shape index (κ3) is 18.5. The number of esters is 4. The van der Waals surface area contributed by atoms with Crippen molar-refractivity contribution < 1.29 is 38.1 Å². The van der Waals surface area contributed by atoms with Gasteiger partial charge in [-0.2, -0.15) is 0 Å². The highest BCUT2D eigenvalue weighted by atomic mass is 16.6. The number of ether oxygens (including phenoxy) is 4. The highest BCUT2D eigenvalue weighted by molar-refractivity contribution is 5.88. The first kappa shape index (κ1) is 56.2. The molecule has 0 bridgehead atoms. The Morgan fingerprint density at radius 2 is 1.03 bits per heavy atom. The van der Waals surface area contributed by atoms with Gasteiger partial charge in [-0.15, -0.1) is 13.2 Å². The van der Waals surface area contributed by atoms with E-state index in [0.717, 1.165) is 0 Å². The van der Waals surface area contributed by atoms with Gasteiger partial charge in [0, 0.05) is 0 Å². The fraction of sp³-hybridized carbons (Fsp3) is 0.818. The van der Waals surface area contributed by atoms with E-state index in [9.17, 15) is 9.59 Å². The van der Waals surface area contributed by atoms with E-state index >= 15 is 9.59 Å². The zero-order chi connectivity index (χ0) is 48.9. The average Bonchev–Trinajstić information content (AvgIpc) is 3.13. The van der Waals surface area contributed by atoms with E-state index in [1.54, 1.807) is 0 Å². The lowest BCUT2D eigenvalue weighted by atomic mass is 9.57. The minimum atomic E-state index is -1.39. The molecule has 1 fully saturated rings. The maximum Gasteiger partial charge on any atom is 0.310 e. The predicted molar refractivity (Wildman–Crippen MR) is 258 cm³/mol. The highest BCUT2D eigenvalue weighted by Gasteiger charge is 2.48. The lowest BCUT2D eigenvalue weighted by molar-refractivity contribution is -0.177. The summed E-state index contributed by atoms with van der Waals surface area (Å²) in [6, 6.07) is 0. The van der Waals surface area contributed by atoms with Crippen LogP contribution in [0.1, 0.15) is 203 Å². The third-order valence-corrected chi connectivity index (χ3v) is 14.3. The van der Waals surface area contributed by atoms with E-state index in [1.165, 1.54) is 5.57 Å². The summed E-state index contributed by atoms with van der Waals surface area (Å²) >= 11 is 0. The lowest BCUT2D eigenvalue weighted by Gasteiger charge is -2.50. The molecule has 8 nitrogen and oxygen atoms in total. The second-order valence-electron chi connectivity index (χ2n) is 26.5. The minimum absolute atomic E-state index is 0.0998. The van der Waals surface area contributed by atoms with E-state index in [-0.39, 0.29) is 49.4 Å². The summed E-state index contributed by atoms with van der Waals surface area (Å²) in [4.78, 5) is 58.8. The second-order valence-corrected chi connectivity index (χ2v) is 26.5. The Morgan fingerprint density at radius 3 is 1.48 bits per heavy atom. The van der Waals surface area contributed by atoms with Crippen molar-refractivity contribution in [3.63, 3.8) is 0 Å². The van der Waals surface area contributed by atoms with E-state index in [1.807, 2.05) is 39.8 Å². The molecule has 0 aromatic heterocycles. The fourth-order valence-corrected chi connectivity index (χ4v) is 10.2. The van der Waals surface area contributed by atoms with Crippen LogP contribution in [0.5, 0.6) is 0 Å². The Bertz CT molecular complexity index is 1620. The Hall–Kier alpha value is -2.90. The molecule has 0 aliphatic heterocycles. The summed E-state index contributed by atoms with van der Waals surface area (Å²) in [5, 5.41) is 0. The van der Waals surface area contributed by atoms with Crippen molar-refractivity contribution >= 4 is 23.9 Å². The summed E-state index contributed by atoms with van der Waals surface area (Å²) in [5.74, 6) is -5.08. The van der Waals surface area contributed by atoms with Crippen LogP contribution in [0.25, 0.3) is 0 Å². The first-order valence-electron chi connectivity index (χ1n) is 24.0. The zero-order valence-electron chi connectivity index (χ0n) is 44.0. The van der Waals surface area contributed by atoms with Crippen LogP contribution < -0.4 is 0 Å². The molecule has 362 valence electrons. The van der Waals surface area contributed by atoms with E-state index in [4.69, 9.17) is 18.9 Å². The molecule has 0 aromatic carbocycles. The molecule has 2 aliphatic rings. The molecule has 0 aromatic rings. The van der Waals surface area contributed by atoms with Crippen molar-refractivity contribution in [1.29, 1.82) is 0 Å². The summed E-state index contributed by atoms with van der Waals surface area (Å²) in [7, 11) is 0. The molecule has 1 saturated carbocycles. The molecule has 5 unspecified atom stereocenters. The molecular formula is C55H94O8. The number of carbonyl (C=O) groups excluding carboxylic acids is 4. The number of rotatable bonds is 19. The molecule has 0 N–H and O–H groups in total. The van der Waals surface area contributed by atoms with Crippen LogP contribution in [0.2, 0.25) is 0 Å². The van der Waals surface area contributed by atoms with Gasteiger partial charge in [0.15, 0.2) is 0 Å². The standard InChI is InChI=1S/C55H94O8/c1-23-50(11,12)30-38(28-48(5,6)7)60-44(56)25-42(46(58)62-39(29-49(8,9)10)31-51(13,14)24-2)43(26-45(57)61-41-34-54(19,20)37(4)55(21,22)35-41)47(59)63-40-32-52(15,16)27-36(3)53(17,18)33-40/h23-24,27,37-43H,1-2,25-26,28-35H2,3-22H3. The number of allylic oxidation sites excluding steroid dienone is 4. The molecule has 0 spiro atoms. The summed E-state index contributed by atoms with van der Waals surface area (Å²) in [5.41, 5.74) is -0.660. The van der Waals surface area contributed by atoms with Gasteiger partial charge in [-0.1, -0.05) is 155 Å². The topological polar surface area (TPSA) is 105 Å². The first-order chi connectivity index (χ1) is 28.2. The van der Waals surface area contributed by atoms with Crippen molar-refractivity contribution in [2.75, 3.05) is 0 Å². The zero-order valence-corrected chi connectivity index (χ0v) is 44.0. The van der Waals surface area contributed by atoms with Crippen LogP contribution >= 0.6 is 0 Å². The number of hydrogen-bond donors (Lipinski definition) is 0. The van der Waals surface area contributed by atoms with Gasteiger partial charge in [0.05, 0.1) is 24.7 Å². The van der Waals surface area contributed by atoms with E-state index in [0.29, 0.717) is 57.3 Å². The molecule has 0 radical (unpaired) electrons. The maximum atomic E-state index is 15.0. The molecule has 0 amide bonds. The fourth-order valence-electron chi connectivity index (χ4n) is 10.2. The van der Waals surface area contributed by atoms with Gasteiger partial charge < -0.3 is 18.9 Å². The van der Waals surface area contributed by atoms with Gasteiger partial charge in [-0.05, 0) is 108 Å². The first-order valence-corrected chi connectivity index (χ1v) is 24.0. The summed E-state index contributed by atoms with van der Waals surface area (Å²) in [6.45, 7) is 50.5. The highest BCUT2D eigenvalue weighted by Crippen LogP contribution is 2.51. The normalized spacial score (nSPS) is 24.3. The molecule has 8 heteroatoms. The van der Waals surface area contributed by atoms with Gasteiger partial charge >= 0.3 is 23.9 Å². The average molecular weight is 883 g/mol. The molecule has 2 rings (SSSR count).